The monoisotopic (exact) mass is 299 g/mol. The van der Waals surface area contributed by atoms with Crippen molar-refractivity contribution in [1.29, 1.82) is 0 Å². The number of methoxy groups -OCH3 is 1. The first kappa shape index (κ1) is 18.9. The summed E-state index contributed by atoms with van der Waals surface area (Å²) in [5.41, 5.74) is 0.774. The number of ether oxygens (including phenoxy) is 2. The lowest BCUT2D eigenvalue weighted by atomic mass is 9.64. The van der Waals surface area contributed by atoms with Crippen molar-refractivity contribution in [2.45, 2.75) is 84.8 Å². The summed E-state index contributed by atoms with van der Waals surface area (Å²) in [6.07, 6.45) is 7.96. The third kappa shape index (κ3) is 5.54. The van der Waals surface area contributed by atoms with E-state index in [1.807, 2.05) is 0 Å². The number of hydrogen-bond acceptors (Lipinski definition) is 3. The largest absolute Gasteiger partial charge is 0.382 e. The fourth-order valence-corrected chi connectivity index (χ4v) is 3.60. The smallest absolute Gasteiger partial charge is 0.0974 e. The van der Waals surface area contributed by atoms with Crippen LogP contribution < -0.4 is 5.32 Å². The molecule has 126 valence electrons. The lowest BCUT2D eigenvalue weighted by Gasteiger charge is -2.45. The molecule has 21 heavy (non-hydrogen) atoms. The Kier molecular flexibility index (Phi) is 7.66. The van der Waals surface area contributed by atoms with E-state index in [9.17, 15) is 0 Å². The quantitative estimate of drug-likeness (QED) is 0.642. The Labute approximate surface area is 132 Å². The number of hydrogen-bond donors (Lipinski definition) is 1. The van der Waals surface area contributed by atoms with Gasteiger partial charge < -0.3 is 9.47 Å². The van der Waals surface area contributed by atoms with Crippen LogP contribution in [-0.4, -0.2) is 32.1 Å². The Morgan fingerprint density at radius 2 is 1.81 bits per heavy atom. The highest BCUT2D eigenvalue weighted by atomic mass is 16.5. The molecule has 1 aliphatic rings. The summed E-state index contributed by atoms with van der Waals surface area (Å²) >= 11 is 0. The third-order valence-electron chi connectivity index (χ3n) is 5.96. The van der Waals surface area contributed by atoms with E-state index in [0.29, 0.717) is 18.8 Å². The molecule has 3 heteroatoms. The highest BCUT2D eigenvalue weighted by Gasteiger charge is 2.38. The SMILES string of the molecule is CCC(C)(CC)C1CCC(C)(NCOC(C)COC)CC1. The van der Waals surface area contributed by atoms with E-state index in [1.165, 1.54) is 38.5 Å². The van der Waals surface area contributed by atoms with Crippen LogP contribution in [0.4, 0.5) is 0 Å². The number of nitrogens with one attached hydrogen (secondary N) is 1. The van der Waals surface area contributed by atoms with Gasteiger partial charge in [0.2, 0.25) is 0 Å². The summed E-state index contributed by atoms with van der Waals surface area (Å²) in [5, 5.41) is 3.62. The molecule has 1 aliphatic carbocycles. The fraction of sp³-hybridized carbons (Fsp3) is 1.00. The van der Waals surface area contributed by atoms with Gasteiger partial charge in [-0.25, -0.2) is 0 Å². The zero-order chi connectivity index (χ0) is 15.9. The summed E-state index contributed by atoms with van der Waals surface area (Å²) in [4.78, 5) is 0. The van der Waals surface area contributed by atoms with Crippen LogP contribution >= 0.6 is 0 Å². The zero-order valence-electron chi connectivity index (χ0n) is 15.1. The van der Waals surface area contributed by atoms with Crippen molar-refractivity contribution >= 4 is 0 Å². The molecule has 1 atom stereocenters. The highest BCUT2D eigenvalue weighted by Crippen LogP contribution is 2.45. The predicted molar refractivity (Wildman–Crippen MR) is 89.5 cm³/mol. The van der Waals surface area contributed by atoms with E-state index >= 15 is 0 Å². The second-order valence-corrected chi connectivity index (χ2v) is 7.45. The molecule has 0 amide bonds. The van der Waals surface area contributed by atoms with Gasteiger partial charge in [-0.3, -0.25) is 5.32 Å². The maximum absolute atomic E-state index is 5.75. The Morgan fingerprint density at radius 1 is 1.24 bits per heavy atom. The lowest BCUT2D eigenvalue weighted by Crippen LogP contribution is -2.48. The first-order valence-electron chi connectivity index (χ1n) is 8.74. The van der Waals surface area contributed by atoms with E-state index in [4.69, 9.17) is 9.47 Å². The molecule has 0 heterocycles. The minimum atomic E-state index is 0.158. The van der Waals surface area contributed by atoms with Gasteiger partial charge >= 0.3 is 0 Å². The highest BCUT2D eigenvalue weighted by molar-refractivity contribution is 4.93. The van der Waals surface area contributed by atoms with Gasteiger partial charge in [-0.15, -0.1) is 0 Å². The van der Waals surface area contributed by atoms with Crippen LogP contribution in [0.2, 0.25) is 0 Å². The van der Waals surface area contributed by atoms with Crippen LogP contribution in [0.3, 0.4) is 0 Å². The van der Waals surface area contributed by atoms with E-state index in [2.05, 4.69) is 39.9 Å². The molecule has 0 aliphatic heterocycles. The third-order valence-corrected chi connectivity index (χ3v) is 5.96. The van der Waals surface area contributed by atoms with Gasteiger partial charge in [0, 0.05) is 12.6 Å². The molecule has 0 aromatic rings. The van der Waals surface area contributed by atoms with E-state index in [1.54, 1.807) is 7.11 Å². The molecule has 1 rings (SSSR count). The lowest BCUT2D eigenvalue weighted by molar-refractivity contribution is -0.0156. The van der Waals surface area contributed by atoms with Gasteiger partial charge in [0.1, 0.15) is 0 Å². The van der Waals surface area contributed by atoms with Crippen molar-refractivity contribution < 1.29 is 9.47 Å². The van der Waals surface area contributed by atoms with Gasteiger partial charge in [-0.05, 0) is 50.9 Å². The molecule has 0 radical (unpaired) electrons. The second-order valence-electron chi connectivity index (χ2n) is 7.45. The molecule has 0 bridgehead atoms. The van der Waals surface area contributed by atoms with Crippen molar-refractivity contribution in [1.82, 2.24) is 5.32 Å². The van der Waals surface area contributed by atoms with Crippen LogP contribution in [0.1, 0.15) is 73.1 Å². The number of rotatable bonds is 9. The summed E-state index contributed by atoms with van der Waals surface area (Å²) in [6.45, 7) is 12.9. The van der Waals surface area contributed by atoms with Crippen molar-refractivity contribution in [3.63, 3.8) is 0 Å². The topological polar surface area (TPSA) is 30.5 Å². The standard InChI is InChI=1S/C18H37NO2/c1-7-17(4,8-2)16-9-11-18(5,12-10-16)19-14-21-15(3)13-20-6/h15-16,19H,7-14H2,1-6H3. The van der Waals surface area contributed by atoms with E-state index in [0.717, 1.165) is 5.92 Å². The minimum Gasteiger partial charge on any atom is -0.382 e. The van der Waals surface area contributed by atoms with Gasteiger partial charge in [0.05, 0.1) is 19.4 Å². The zero-order valence-corrected chi connectivity index (χ0v) is 15.1. The Balaban J connectivity index is 2.36. The molecule has 1 saturated carbocycles. The Morgan fingerprint density at radius 3 is 2.29 bits per heavy atom. The molecule has 1 unspecified atom stereocenters. The van der Waals surface area contributed by atoms with Gasteiger partial charge in [-0.2, -0.15) is 0 Å². The molecule has 1 N–H and O–H groups in total. The average molecular weight is 299 g/mol. The Hall–Kier alpha value is -0.120. The van der Waals surface area contributed by atoms with E-state index < -0.39 is 0 Å². The molecule has 1 fully saturated rings. The second kappa shape index (κ2) is 8.50. The van der Waals surface area contributed by atoms with Crippen molar-refractivity contribution in [3.05, 3.63) is 0 Å². The van der Waals surface area contributed by atoms with Crippen LogP contribution in [0.15, 0.2) is 0 Å². The van der Waals surface area contributed by atoms with Crippen molar-refractivity contribution in [2.24, 2.45) is 11.3 Å². The fourth-order valence-electron chi connectivity index (χ4n) is 3.60. The summed E-state index contributed by atoms with van der Waals surface area (Å²) in [6, 6.07) is 0. The summed E-state index contributed by atoms with van der Waals surface area (Å²) in [5.74, 6) is 0.885. The average Bonchev–Trinajstić information content (AvgIpc) is 2.47. The molecular formula is C18H37NO2. The predicted octanol–water partition coefficient (Wildman–Crippen LogP) is 4.36. The molecule has 0 aromatic carbocycles. The summed E-state index contributed by atoms with van der Waals surface area (Å²) in [7, 11) is 1.72. The first-order chi connectivity index (χ1) is 9.89. The molecule has 0 saturated heterocycles. The summed E-state index contributed by atoms with van der Waals surface area (Å²) < 4.78 is 10.8. The van der Waals surface area contributed by atoms with Gasteiger partial charge in [0.15, 0.2) is 0 Å². The van der Waals surface area contributed by atoms with Crippen molar-refractivity contribution in [2.75, 3.05) is 20.4 Å². The first-order valence-corrected chi connectivity index (χ1v) is 8.74. The van der Waals surface area contributed by atoms with Gasteiger partial charge in [0.25, 0.3) is 0 Å². The Bertz CT molecular complexity index is 281. The van der Waals surface area contributed by atoms with E-state index in [-0.39, 0.29) is 11.6 Å². The minimum absolute atomic E-state index is 0.158. The van der Waals surface area contributed by atoms with Gasteiger partial charge in [-0.1, -0.05) is 33.6 Å². The van der Waals surface area contributed by atoms with Crippen LogP contribution in [-0.2, 0) is 9.47 Å². The van der Waals surface area contributed by atoms with Crippen LogP contribution in [0, 0.1) is 11.3 Å². The molecule has 0 spiro atoms. The van der Waals surface area contributed by atoms with Crippen LogP contribution in [0.25, 0.3) is 0 Å². The van der Waals surface area contributed by atoms with Crippen molar-refractivity contribution in [3.8, 4) is 0 Å². The molecular weight excluding hydrogens is 262 g/mol. The van der Waals surface area contributed by atoms with Crippen LogP contribution in [0.5, 0.6) is 0 Å². The molecule has 3 nitrogen and oxygen atoms in total. The molecule has 0 aromatic heterocycles. The maximum atomic E-state index is 5.75. The maximum Gasteiger partial charge on any atom is 0.0974 e. The normalized spacial score (nSPS) is 28.6.